The first-order chi connectivity index (χ1) is 17.8. The van der Waals surface area contributed by atoms with Crippen LogP contribution in [0.25, 0.3) is 5.76 Å². The van der Waals surface area contributed by atoms with Crippen molar-refractivity contribution in [3.05, 3.63) is 101 Å². The minimum absolute atomic E-state index is 0.0362. The molecule has 3 aromatic carbocycles. The van der Waals surface area contributed by atoms with Crippen molar-refractivity contribution in [2.24, 2.45) is 0 Å². The van der Waals surface area contributed by atoms with E-state index in [0.717, 1.165) is 17.7 Å². The van der Waals surface area contributed by atoms with Gasteiger partial charge in [-0.25, -0.2) is 0 Å². The van der Waals surface area contributed by atoms with Gasteiger partial charge in [0.1, 0.15) is 23.9 Å². The summed E-state index contributed by atoms with van der Waals surface area (Å²) in [5, 5.41) is 21.0. The van der Waals surface area contributed by atoms with Crippen LogP contribution in [0.15, 0.2) is 78.4 Å². The highest BCUT2D eigenvalue weighted by Gasteiger charge is 2.45. The predicted molar refractivity (Wildman–Crippen MR) is 142 cm³/mol. The molecule has 1 atom stereocenters. The molecule has 0 radical (unpaired) electrons. The zero-order chi connectivity index (χ0) is 26.5. The SMILES string of the molecule is Cc1ccccc1COc1ccc(/C(O)=C2\C(=O)C(=O)N(CCCN(C)C)C2c2ccc(O)cc2)cc1. The van der Waals surface area contributed by atoms with Gasteiger partial charge in [0.05, 0.1) is 11.6 Å². The van der Waals surface area contributed by atoms with Gasteiger partial charge in [0.25, 0.3) is 11.7 Å². The zero-order valence-electron chi connectivity index (χ0n) is 21.3. The fraction of sp³-hybridized carbons (Fsp3) is 0.267. The Labute approximate surface area is 217 Å². The number of carbonyl (C=O) groups is 2. The molecule has 1 saturated heterocycles. The predicted octanol–water partition coefficient (Wildman–Crippen LogP) is 4.65. The van der Waals surface area contributed by atoms with Crippen LogP contribution in [0.1, 0.15) is 34.7 Å². The van der Waals surface area contributed by atoms with Crippen molar-refractivity contribution in [2.45, 2.75) is 26.0 Å². The lowest BCUT2D eigenvalue weighted by Gasteiger charge is -2.26. The Kier molecular flexibility index (Phi) is 7.94. The smallest absolute Gasteiger partial charge is 0.295 e. The highest BCUT2D eigenvalue weighted by molar-refractivity contribution is 6.46. The Morgan fingerprint density at radius 1 is 0.973 bits per heavy atom. The van der Waals surface area contributed by atoms with Crippen LogP contribution >= 0.6 is 0 Å². The Hall–Kier alpha value is -4.10. The molecule has 4 rings (SSSR count). The number of aliphatic hydroxyl groups is 1. The largest absolute Gasteiger partial charge is 0.508 e. The first kappa shape index (κ1) is 26.0. The Morgan fingerprint density at radius 2 is 1.65 bits per heavy atom. The number of ether oxygens (including phenoxy) is 1. The van der Waals surface area contributed by atoms with E-state index in [-0.39, 0.29) is 17.1 Å². The van der Waals surface area contributed by atoms with E-state index in [1.807, 2.05) is 50.2 Å². The maximum absolute atomic E-state index is 13.1. The van der Waals surface area contributed by atoms with Crippen molar-refractivity contribution in [3.8, 4) is 11.5 Å². The molecule has 3 aromatic rings. The van der Waals surface area contributed by atoms with Crippen LogP contribution in [-0.4, -0.2) is 58.9 Å². The summed E-state index contributed by atoms with van der Waals surface area (Å²) in [6, 6.07) is 20.4. The number of phenolic OH excluding ortho intramolecular Hbond substituents is 1. The van der Waals surface area contributed by atoms with Gasteiger partial charge < -0.3 is 24.7 Å². The number of aryl methyl sites for hydroxylation is 1. The number of likely N-dealkylation sites (tertiary alicyclic amines) is 1. The quantitative estimate of drug-likeness (QED) is 0.253. The monoisotopic (exact) mass is 500 g/mol. The van der Waals surface area contributed by atoms with Crippen LogP contribution in [0.3, 0.4) is 0 Å². The number of rotatable bonds is 9. The number of hydrogen-bond donors (Lipinski definition) is 2. The topological polar surface area (TPSA) is 90.3 Å². The van der Waals surface area contributed by atoms with E-state index in [9.17, 15) is 19.8 Å². The minimum Gasteiger partial charge on any atom is -0.508 e. The molecule has 2 N–H and O–H groups in total. The van der Waals surface area contributed by atoms with E-state index in [1.54, 1.807) is 36.4 Å². The van der Waals surface area contributed by atoms with Crippen LogP contribution in [0.5, 0.6) is 11.5 Å². The molecular formula is C30H32N2O5. The first-order valence-corrected chi connectivity index (χ1v) is 12.3. The highest BCUT2D eigenvalue weighted by atomic mass is 16.5. The van der Waals surface area contributed by atoms with E-state index in [0.29, 0.717) is 36.4 Å². The summed E-state index contributed by atoms with van der Waals surface area (Å²) in [7, 11) is 3.89. The Morgan fingerprint density at radius 3 is 2.30 bits per heavy atom. The lowest BCUT2D eigenvalue weighted by atomic mass is 9.95. The summed E-state index contributed by atoms with van der Waals surface area (Å²) < 4.78 is 5.90. The van der Waals surface area contributed by atoms with Crippen LogP contribution in [0.2, 0.25) is 0 Å². The molecule has 1 aliphatic heterocycles. The van der Waals surface area contributed by atoms with Gasteiger partial charge in [0, 0.05) is 12.1 Å². The van der Waals surface area contributed by atoms with E-state index < -0.39 is 17.7 Å². The lowest BCUT2D eigenvalue weighted by molar-refractivity contribution is -0.139. The average Bonchev–Trinajstić information content (AvgIpc) is 3.13. The highest BCUT2D eigenvalue weighted by Crippen LogP contribution is 2.40. The van der Waals surface area contributed by atoms with Crippen molar-refractivity contribution in [3.63, 3.8) is 0 Å². The molecule has 37 heavy (non-hydrogen) atoms. The van der Waals surface area contributed by atoms with Crippen LogP contribution in [0.4, 0.5) is 0 Å². The molecule has 0 aliphatic carbocycles. The molecule has 1 amide bonds. The number of aliphatic hydroxyl groups excluding tert-OH is 1. The standard InChI is InChI=1S/C30H32N2O5/c1-20-7-4-5-8-23(20)19-37-25-15-11-22(12-16-25)28(34)26-27(21-9-13-24(33)14-10-21)32(30(36)29(26)35)18-6-17-31(2)3/h4-5,7-16,27,33-34H,6,17-19H2,1-3H3/b28-26+. The average molecular weight is 501 g/mol. The van der Waals surface area contributed by atoms with Gasteiger partial charge in [0.15, 0.2) is 0 Å². The Bertz CT molecular complexity index is 1300. The van der Waals surface area contributed by atoms with Crippen LogP contribution in [-0.2, 0) is 16.2 Å². The number of phenols is 1. The van der Waals surface area contributed by atoms with Gasteiger partial charge in [-0.15, -0.1) is 0 Å². The molecule has 1 fully saturated rings. The number of carbonyl (C=O) groups excluding carboxylic acids is 2. The second-order valence-corrected chi connectivity index (χ2v) is 9.48. The summed E-state index contributed by atoms with van der Waals surface area (Å²) in [5.41, 5.74) is 3.31. The van der Waals surface area contributed by atoms with Gasteiger partial charge in [0.2, 0.25) is 0 Å². The Balaban J connectivity index is 1.63. The third kappa shape index (κ3) is 5.84. The third-order valence-corrected chi connectivity index (χ3v) is 6.54. The molecule has 192 valence electrons. The fourth-order valence-corrected chi connectivity index (χ4v) is 4.47. The molecule has 1 unspecified atom stereocenters. The van der Waals surface area contributed by atoms with Gasteiger partial charge in [-0.1, -0.05) is 36.4 Å². The number of amides is 1. The number of ketones is 1. The number of nitrogens with zero attached hydrogens (tertiary/aromatic N) is 2. The van der Waals surface area contributed by atoms with E-state index in [4.69, 9.17) is 4.74 Å². The number of hydrogen-bond acceptors (Lipinski definition) is 6. The maximum Gasteiger partial charge on any atom is 0.295 e. The summed E-state index contributed by atoms with van der Waals surface area (Å²) in [6.07, 6.45) is 0.668. The molecule has 7 nitrogen and oxygen atoms in total. The first-order valence-electron chi connectivity index (χ1n) is 12.3. The van der Waals surface area contributed by atoms with Crippen molar-refractivity contribution < 1.29 is 24.5 Å². The molecule has 0 saturated carbocycles. The van der Waals surface area contributed by atoms with Gasteiger partial charge in [-0.05, 0) is 87.1 Å². The van der Waals surface area contributed by atoms with E-state index >= 15 is 0 Å². The fourth-order valence-electron chi connectivity index (χ4n) is 4.47. The summed E-state index contributed by atoms with van der Waals surface area (Å²) in [5.74, 6) is -0.900. The second kappa shape index (κ2) is 11.3. The lowest BCUT2D eigenvalue weighted by Crippen LogP contribution is -2.32. The van der Waals surface area contributed by atoms with E-state index in [2.05, 4.69) is 0 Å². The molecule has 1 heterocycles. The van der Waals surface area contributed by atoms with Crippen molar-refractivity contribution in [1.82, 2.24) is 9.80 Å². The van der Waals surface area contributed by atoms with Gasteiger partial charge >= 0.3 is 0 Å². The maximum atomic E-state index is 13.1. The summed E-state index contributed by atoms with van der Waals surface area (Å²) >= 11 is 0. The van der Waals surface area contributed by atoms with Crippen LogP contribution in [0, 0.1) is 6.92 Å². The van der Waals surface area contributed by atoms with Crippen LogP contribution < -0.4 is 4.74 Å². The normalized spacial score (nSPS) is 17.0. The molecule has 1 aliphatic rings. The van der Waals surface area contributed by atoms with E-state index in [1.165, 1.54) is 17.0 Å². The second-order valence-electron chi connectivity index (χ2n) is 9.48. The van der Waals surface area contributed by atoms with Crippen molar-refractivity contribution >= 4 is 17.4 Å². The number of benzene rings is 3. The van der Waals surface area contributed by atoms with Crippen molar-refractivity contribution in [1.29, 1.82) is 0 Å². The minimum atomic E-state index is -0.750. The molecule has 0 aromatic heterocycles. The molecule has 7 heteroatoms. The zero-order valence-corrected chi connectivity index (χ0v) is 21.3. The summed E-state index contributed by atoms with van der Waals surface area (Å²) in [4.78, 5) is 29.7. The number of Topliss-reactive ketones (excluding diaryl/α,β-unsaturated/α-hetero) is 1. The molecular weight excluding hydrogens is 468 g/mol. The molecule has 0 spiro atoms. The summed E-state index contributed by atoms with van der Waals surface area (Å²) in [6.45, 7) is 3.54. The van der Waals surface area contributed by atoms with Gasteiger partial charge in [-0.3, -0.25) is 9.59 Å². The number of aromatic hydroxyl groups is 1. The third-order valence-electron chi connectivity index (χ3n) is 6.54. The molecule has 0 bridgehead atoms. The van der Waals surface area contributed by atoms with Gasteiger partial charge in [-0.2, -0.15) is 0 Å². The van der Waals surface area contributed by atoms with Crippen molar-refractivity contribution in [2.75, 3.05) is 27.2 Å².